The van der Waals surface area contributed by atoms with Crippen molar-refractivity contribution in [3.63, 3.8) is 0 Å². The van der Waals surface area contributed by atoms with E-state index in [-0.39, 0.29) is 11.7 Å². The zero-order valence-electron chi connectivity index (χ0n) is 14.7. The summed E-state index contributed by atoms with van der Waals surface area (Å²) in [7, 11) is 0. The zero-order valence-corrected chi connectivity index (χ0v) is 15.6. The Morgan fingerprint density at radius 3 is 2.80 bits per heavy atom. The molecule has 0 unspecified atom stereocenters. The normalized spacial score (nSPS) is 17.7. The average Bonchev–Trinajstić information content (AvgIpc) is 3.03. The Hall–Kier alpha value is -1.82. The van der Waals surface area contributed by atoms with Crippen molar-refractivity contribution in [1.82, 2.24) is 14.5 Å². The molecule has 4 nitrogen and oxygen atoms in total. The molecule has 134 valence electrons. The molecule has 0 saturated carbocycles. The number of hydrogen-bond acceptors (Lipinski definition) is 3. The second-order valence-corrected chi connectivity index (χ2v) is 7.50. The molecule has 0 N–H and O–H groups in total. The van der Waals surface area contributed by atoms with Gasteiger partial charge in [-0.05, 0) is 55.5 Å². The van der Waals surface area contributed by atoms with Crippen molar-refractivity contribution in [1.29, 1.82) is 0 Å². The smallest absolute Gasteiger partial charge is 0.233 e. The molecular weight excluding hydrogens is 337 g/mol. The van der Waals surface area contributed by atoms with Crippen molar-refractivity contribution in [2.24, 2.45) is 5.92 Å². The van der Waals surface area contributed by atoms with Gasteiger partial charge in [0.25, 0.3) is 0 Å². The van der Waals surface area contributed by atoms with Crippen LogP contribution in [0.3, 0.4) is 0 Å². The van der Waals surface area contributed by atoms with Crippen LogP contribution in [-0.2, 0) is 11.3 Å². The van der Waals surface area contributed by atoms with E-state index in [0.29, 0.717) is 11.7 Å². The number of thioether (sulfide) groups is 1. The molecular formula is C19H24FN3OS. The third-order valence-electron chi connectivity index (χ3n) is 4.61. The van der Waals surface area contributed by atoms with Crippen LogP contribution in [0, 0.1) is 11.7 Å². The maximum absolute atomic E-state index is 13.1. The lowest BCUT2D eigenvalue weighted by Gasteiger charge is -2.30. The van der Waals surface area contributed by atoms with Gasteiger partial charge < -0.3 is 9.47 Å². The third kappa shape index (κ3) is 4.24. The van der Waals surface area contributed by atoms with Crippen molar-refractivity contribution >= 4 is 17.7 Å². The van der Waals surface area contributed by atoms with Crippen LogP contribution >= 0.6 is 11.8 Å². The molecule has 0 bridgehead atoms. The number of likely N-dealkylation sites (tertiary alicyclic amines) is 1. The predicted molar refractivity (Wildman–Crippen MR) is 99.0 cm³/mol. The molecule has 0 aliphatic carbocycles. The SMILES string of the molecule is CCn1c(-c2ccc(F)cc2)cnc1SCC(=O)N1CCC[C@@H](C)C1. The Morgan fingerprint density at radius 2 is 2.12 bits per heavy atom. The number of carbonyl (C=O) groups excluding carboxylic acids is 1. The Bertz CT molecular complexity index is 729. The molecule has 0 spiro atoms. The van der Waals surface area contributed by atoms with Crippen LogP contribution in [0.4, 0.5) is 4.39 Å². The van der Waals surface area contributed by atoms with Gasteiger partial charge in [-0.25, -0.2) is 9.37 Å². The average molecular weight is 361 g/mol. The van der Waals surface area contributed by atoms with E-state index in [1.54, 1.807) is 18.3 Å². The molecule has 3 rings (SSSR count). The van der Waals surface area contributed by atoms with E-state index < -0.39 is 0 Å². The van der Waals surface area contributed by atoms with Crippen LogP contribution in [0.1, 0.15) is 26.7 Å². The number of piperidine rings is 1. The van der Waals surface area contributed by atoms with Gasteiger partial charge in [-0.2, -0.15) is 0 Å². The minimum absolute atomic E-state index is 0.186. The van der Waals surface area contributed by atoms with Gasteiger partial charge in [0, 0.05) is 19.6 Å². The van der Waals surface area contributed by atoms with Gasteiger partial charge >= 0.3 is 0 Å². The standard InChI is InChI=1S/C19H24FN3OS/c1-3-23-17(15-6-8-16(20)9-7-15)11-21-19(23)25-13-18(24)22-10-4-5-14(2)12-22/h6-9,11,14H,3-5,10,12-13H2,1-2H3/t14-/m1/s1. The van der Waals surface area contributed by atoms with Crippen molar-refractivity contribution in [3.8, 4) is 11.3 Å². The number of nitrogens with zero attached hydrogens (tertiary/aromatic N) is 3. The summed E-state index contributed by atoms with van der Waals surface area (Å²) in [5, 5.41) is 0.834. The van der Waals surface area contributed by atoms with Crippen LogP contribution in [0.2, 0.25) is 0 Å². The lowest BCUT2D eigenvalue weighted by atomic mass is 10.0. The predicted octanol–water partition coefficient (Wildman–Crippen LogP) is 4.06. The number of carbonyl (C=O) groups is 1. The lowest BCUT2D eigenvalue weighted by molar-refractivity contribution is -0.130. The highest BCUT2D eigenvalue weighted by atomic mass is 32.2. The molecule has 2 heterocycles. The van der Waals surface area contributed by atoms with E-state index in [4.69, 9.17) is 0 Å². The van der Waals surface area contributed by atoms with Gasteiger partial charge in [-0.3, -0.25) is 4.79 Å². The van der Waals surface area contributed by atoms with Gasteiger partial charge in [0.2, 0.25) is 5.91 Å². The van der Waals surface area contributed by atoms with Crippen molar-refractivity contribution in [3.05, 3.63) is 36.3 Å². The Balaban J connectivity index is 1.68. The van der Waals surface area contributed by atoms with Crippen LogP contribution in [-0.4, -0.2) is 39.2 Å². The summed E-state index contributed by atoms with van der Waals surface area (Å²) in [5.74, 6) is 0.935. The number of halogens is 1. The summed E-state index contributed by atoms with van der Waals surface area (Å²) < 4.78 is 15.2. The number of amides is 1. The number of benzene rings is 1. The monoisotopic (exact) mass is 361 g/mol. The quantitative estimate of drug-likeness (QED) is 0.754. The number of aromatic nitrogens is 2. The zero-order chi connectivity index (χ0) is 17.8. The summed E-state index contributed by atoms with van der Waals surface area (Å²) >= 11 is 1.48. The first-order chi connectivity index (χ1) is 12.1. The highest BCUT2D eigenvalue weighted by molar-refractivity contribution is 7.99. The first-order valence-electron chi connectivity index (χ1n) is 8.80. The van der Waals surface area contributed by atoms with E-state index in [0.717, 1.165) is 42.5 Å². The highest BCUT2D eigenvalue weighted by Crippen LogP contribution is 2.27. The fourth-order valence-corrected chi connectivity index (χ4v) is 4.21. The van der Waals surface area contributed by atoms with Gasteiger partial charge in [0.15, 0.2) is 5.16 Å². The van der Waals surface area contributed by atoms with Gasteiger partial charge in [-0.1, -0.05) is 18.7 Å². The first kappa shape index (κ1) is 18.0. The molecule has 1 amide bonds. The van der Waals surface area contributed by atoms with E-state index in [1.165, 1.54) is 30.3 Å². The van der Waals surface area contributed by atoms with E-state index in [9.17, 15) is 9.18 Å². The molecule has 25 heavy (non-hydrogen) atoms. The van der Waals surface area contributed by atoms with Gasteiger partial charge in [0.05, 0.1) is 17.6 Å². The summed E-state index contributed by atoms with van der Waals surface area (Å²) in [6, 6.07) is 6.42. The molecule has 1 aliphatic heterocycles. The lowest BCUT2D eigenvalue weighted by Crippen LogP contribution is -2.40. The molecule has 1 aliphatic rings. The maximum atomic E-state index is 13.1. The summed E-state index contributed by atoms with van der Waals surface area (Å²) in [4.78, 5) is 18.9. The van der Waals surface area contributed by atoms with Crippen molar-refractivity contribution in [2.75, 3.05) is 18.8 Å². The van der Waals surface area contributed by atoms with Crippen LogP contribution in [0.25, 0.3) is 11.3 Å². The molecule has 0 radical (unpaired) electrons. The Labute approximate surface area is 152 Å². The van der Waals surface area contributed by atoms with Gasteiger partial charge in [-0.15, -0.1) is 0 Å². The fourth-order valence-electron chi connectivity index (χ4n) is 3.26. The van der Waals surface area contributed by atoms with Crippen LogP contribution < -0.4 is 0 Å². The van der Waals surface area contributed by atoms with E-state index in [2.05, 4.69) is 16.5 Å². The topological polar surface area (TPSA) is 38.1 Å². The van der Waals surface area contributed by atoms with Crippen LogP contribution in [0.15, 0.2) is 35.6 Å². The number of hydrogen-bond donors (Lipinski definition) is 0. The molecule has 1 aromatic heterocycles. The largest absolute Gasteiger partial charge is 0.342 e. The Kier molecular flexibility index (Phi) is 5.78. The minimum Gasteiger partial charge on any atom is -0.342 e. The number of imidazole rings is 1. The second kappa shape index (κ2) is 8.04. The fraction of sp³-hybridized carbons (Fsp3) is 0.474. The highest BCUT2D eigenvalue weighted by Gasteiger charge is 2.21. The van der Waals surface area contributed by atoms with E-state index in [1.807, 2.05) is 11.8 Å². The van der Waals surface area contributed by atoms with Crippen molar-refractivity contribution < 1.29 is 9.18 Å². The number of rotatable bonds is 5. The molecule has 1 atom stereocenters. The second-order valence-electron chi connectivity index (χ2n) is 6.55. The summed E-state index contributed by atoms with van der Waals surface area (Å²) in [6.07, 6.45) is 4.10. The first-order valence-corrected chi connectivity index (χ1v) is 9.79. The third-order valence-corrected chi connectivity index (χ3v) is 5.58. The Morgan fingerprint density at radius 1 is 1.36 bits per heavy atom. The molecule has 1 aromatic carbocycles. The van der Waals surface area contributed by atoms with Gasteiger partial charge in [0.1, 0.15) is 5.82 Å². The molecule has 1 fully saturated rings. The molecule has 6 heteroatoms. The van der Waals surface area contributed by atoms with Crippen LogP contribution in [0.5, 0.6) is 0 Å². The minimum atomic E-state index is -0.248. The molecule has 2 aromatic rings. The van der Waals surface area contributed by atoms with Crippen molar-refractivity contribution in [2.45, 2.75) is 38.4 Å². The summed E-state index contributed by atoms with van der Waals surface area (Å²) in [6.45, 7) is 6.73. The molecule has 1 saturated heterocycles. The van der Waals surface area contributed by atoms with E-state index >= 15 is 0 Å². The summed E-state index contributed by atoms with van der Waals surface area (Å²) in [5.41, 5.74) is 1.88. The maximum Gasteiger partial charge on any atom is 0.233 e.